The van der Waals surface area contributed by atoms with Crippen LogP contribution in [0.1, 0.15) is 68.9 Å². The number of rotatable bonds is 16. The summed E-state index contributed by atoms with van der Waals surface area (Å²) in [5, 5.41) is 26.0. The number of azide groups is 1. The van der Waals surface area contributed by atoms with Gasteiger partial charge < -0.3 is 41.8 Å². The van der Waals surface area contributed by atoms with Crippen LogP contribution in [0, 0.1) is 6.92 Å². The van der Waals surface area contributed by atoms with Crippen LogP contribution in [0.4, 0.5) is 9.59 Å². The number of hydrogen-bond acceptors (Lipinski definition) is 9. The number of benzene rings is 1. The maximum Gasteiger partial charge on any atom is 0.407 e. The molecule has 15 nitrogen and oxygen atoms in total. The lowest BCUT2D eigenvalue weighted by molar-refractivity contribution is -0.139. The van der Waals surface area contributed by atoms with Gasteiger partial charge in [0.05, 0.1) is 6.04 Å². The van der Waals surface area contributed by atoms with Crippen LogP contribution in [0.25, 0.3) is 10.4 Å². The molecule has 1 aromatic rings. The largest absolute Gasteiger partial charge is 0.480 e. The van der Waals surface area contributed by atoms with Gasteiger partial charge >= 0.3 is 24.1 Å². The quantitative estimate of drug-likeness (QED) is 0.0705. The highest BCUT2D eigenvalue weighted by Gasteiger charge is 2.29. The second-order valence-electron chi connectivity index (χ2n) is 9.88. The van der Waals surface area contributed by atoms with E-state index in [0.717, 1.165) is 24.0 Å². The van der Waals surface area contributed by atoms with Gasteiger partial charge in [-0.05, 0) is 81.4 Å². The van der Waals surface area contributed by atoms with Gasteiger partial charge in [-0.3, -0.25) is 9.59 Å². The molecule has 0 unspecified atom stereocenters. The number of amides is 2. The summed E-state index contributed by atoms with van der Waals surface area (Å²) < 4.78 is 10.3. The van der Waals surface area contributed by atoms with Gasteiger partial charge in [0.15, 0.2) is 0 Å². The fourth-order valence-corrected chi connectivity index (χ4v) is 3.99. The molecule has 4 atom stereocenters. The van der Waals surface area contributed by atoms with Crippen LogP contribution < -0.4 is 22.1 Å². The summed E-state index contributed by atoms with van der Waals surface area (Å²) in [5.41, 5.74) is 21.2. The minimum Gasteiger partial charge on any atom is -0.480 e. The molecule has 1 aliphatic rings. The van der Waals surface area contributed by atoms with Gasteiger partial charge in [0.2, 0.25) is 0 Å². The predicted octanol–water partition coefficient (Wildman–Crippen LogP) is 3.33. The van der Waals surface area contributed by atoms with Gasteiger partial charge in [-0.25, -0.2) is 9.59 Å². The number of carboxylic acid groups (broad SMARTS) is 2. The Morgan fingerprint density at radius 1 is 0.976 bits per heavy atom. The number of hydrogen-bond donors (Lipinski definition) is 6. The predicted molar refractivity (Wildman–Crippen MR) is 153 cm³/mol. The molecule has 2 rings (SSSR count). The van der Waals surface area contributed by atoms with E-state index in [9.17, 15) is 19.2 Å². The van der Waals surface area contributed by atoms with Crippen LogP contribution in [0.3, 0.4) is 0 Å². The van der Waals surface area contributed by atoms with Crippen molar-refractivity contribution in [3.63, 3.8) is 0 Å². The molecular formula is C27H43N7O8. The van der Waals surface area contributed by atoms with Crippen LogP contribution in [0.2, 0.25) is 0 Å². The first-order valence-corrected chi connectivity index (χ1v) is 14.0. The van der Waals surface area contributed by atoms with Crippen LogP contribution in [0.15, 0.2) is 29.4 Å². The van der Waals surface area contributed by atoms with Gasteiger partial charge in [0.1, 0.15) is 24.8 Å². The number of nitrogens with one attached hydrogen (secondary N) is 2. The molecule has 0 spiro atoms. The normalized spacial score (nSPS) is 16.9. The second-order valence-corrected chi connectivity index (χ2v) is 9.88. The summed E-state index contributed by atoms with van der Waals surface area (Å²) in [5.74, 6) is -2.02. The number of alkyl carbamates (subject to hydrolysis) is 2. The molecule has 42 heavy (non-hydrogen) atoms. The molecule has 0 aromatic heterocycles. The maximum atomic E-state index is 11.6. The zero-order valence-corrected chi connectivity index (χ0v) is 23.9. The van der Waals surface area contributed by atoms with E-state index in [2.05, 4.69) is 20.7 Å². The zero-order chi connectivity index (χ0) is 31.3. The molecule has 0 bridgehead atoms. The molecule has 15 heteroatoms. The molecule has 8 N–H and O–H groups in total. The van der Waals surface area contributed by atoms with Gasteiger partial charge in [0.25, 0.3) is 0 Å². The lowest BCUT2D eigenvalue weighted by atomic mass is 10.1. The number of carbonyl (C=O) groups is 4. The SMILES string of the molecule is Cc1ccccc1COC(=O)NCCCC[C@H](N)C(=O)O.[N-]=[N+]=N[C@@H]1CCC[C@H]1OC(=O)NCCCC[C@H](N)C(=O)O. The Labute approximate surface area is 244 Å². The third-order valence-corrected chi connectivity index (χ3v) is 6.55. The minimum atomic E-state index is -1.02. The summed E-state index contributed by atoms with van der Waals surface area (Å²) in [6.45, 7) is 3.04. The average molecular weight is 594 g/mol. The summed E-state index contributed by atoms with van der Waals surface area (Å²) in [4.78, 5) is 46.8. The molecule has 1 aromatic carbocycles. The summed E-state index contributed by atoms with van der Waals surface area (Å²) in [6.07, 6.45) is 4.24. The average Bonchev–Trinajstić information content (AvgIpc) is 3.38. The summed E-state index contributed by atoms with van der Waals surface area (Å²) >= 11 is 0. The highest BCUT2D eigenvalue weighted by Crippen LogP contribution is 2.25. The fourth-order valence-electron chi connectivity index (χ4n) is 3.99. The van der Waals surface area contributed by atoms with Gasteiger partial charge in [-0.2, -0.15) is 0 Å². The van der Waals surface area contributed by atoms with E-state index in [1.165, 1.54) is 0 Å². The number of nitrogens with zero attached hydrogens (tertiary/aromatic N) is 3. The molecule has 0 heterocycles. The minimum absolute atomic E-state index is 0.238. The lowest BCUT2D eigenvalue weighted by Gasteiger charge is -2.16. The summed E-state index contributed by atoms with van der Waals surface area (Å²) in [7, 11) is 0. The van der Waals surface area contributed by atoms with Crippen LogP contribution in [-0.2, 0) is 25.7 Å². The highest BCUT2D eigenvalue weighted by atomic mass is 16.6. The molecule has 2 amide bonds. The van der Waals surface area contributed by atoms with E-state index in [-0.39, 0.29) is 18.8 Å². The van der Waals surface area contributed by atoms with Crippen molar-refractivity contribution in [2.75, 3.05) is 13.1 Å². The zero-order valence-electron chi connectivity index (χ0n) is 23.9. The van der Waals surface area contributed by atoms with Crippen molar-refractivity contribution in [1.29, 1.82) is 0 Å². The van der Waals surface area contributed by atoms with Gasteiger partial charge in [0, 0.05) is 18.0 Å². The Balaban J connectivity index is 0.000000420. The molecule has 0 aliphatic heterocycles. The van der Waals surface area contributed by atoms with Crippen molar-refractivity contribution in [3.8, 4) is 0 Å². The number of unbranched alkanes of at least 4 members (excludes halogenated alkanes) is 2. The Kier molecular flexibility index (Phi) is 17.8. The molecule has 0 radical (unpaired) electrons. The number of ether oxygens (including phenoxy) is 2. The highest BCUT2D eigenvalue weighted by molar-refractivity contribution is 5.73. The van der Waals surface area contributed by atoms with Crippen LogP contribution in [-0.4, -0.2) is 71.7 Å². The third-order valence-electron chi connectivity index (χ3n) is 6.55. The van der Waals surface area contributed by atoms with E-state index in [0.29, 0.717) is 58.0 Å². The molecule has 1 aliphatic carbocycles. The van der Waals surface area contributed by atoms with E-state index in [1.807, 2.05) is 31.2 Å². The Morgan fingerprint density at radius 3 is 2.10 bits per heavy atom. The number of carbonyl (C=O) groups excluding carboxylic acids is 2. The standard InChI is InChI=1S/C15H22N2O4.C12H21N5O4/c1-11-6-2-3-7-12(11)10-21-15(20)17-9-5-4-8-13(16)14(18)19;13-8(11(18)19)4-1-2-7-15-12(20)21-10-6-3-5-9(10)16-17-14/h2-3,6-7,13H,4-5,8-10,16H2,1H3,(H,17,20)(H,18,19);8-10H,1-7,13H2,(H,15,20)(H,18,19)/t13-;8-,9+,10+/m00/s1. The van der Waals surface area contributed by atoms with Crippen molar-refractivity contribution >= 4 is 24.1 Å². The topological polar surface area (TPSA) is 252 Å². The number of aryl methyl sites for hydroxylation is 1. The lowest BCUT2D eigenvalue weighted by Crippen LogP contribution is -2.33. The first-order chi connectivity index (χ1) is 20.0. The summed E-state index contributed by atoms with van der Waals surface area (Å²) in [6, 6.07) is 5.72. The fraction of sp³-hybridized carbons (Fsp3) is 0.630. The number of carboxylic acids is 2. The molecule has 1 saturated carbocycles. The van der Waals surface area contributed by atoms with E-state index >= 15 is 0 Å². The van der Waals surface area contributed by atoms with Crippen molar-refractivity contribution in [2.24, 2.45) is 16.6 Å². The second kappa shape index (κ2) is 20.8. The Morgan fingerprint density at radius 2 is 1.55 bits per heavy atom. The Bertz CT molecular complexity index is 1050. The number of nitrogens with two attached hydrogens (primary N) is 2. The van der Waals surface area contributed by atoms with E-state index < -0.39 is 36.2 Å². The smallest absolute Gasteiger partial charge is 0.407 e. The maximum absolute atomic E-state index is 11.6. The monoisotopic (exact) mass is 593 g/mol. The number of aliphatic carboxylic acids is 2. The van der Waals surface area contributed by atoms with E-state index in [1.54, 1.807) is 0 Å². The first kappa shape index (κ1) is 36.0. The van der Waals surface area contributed by atoms with Crippen molar-refractivity contribution in [2.45, 2.75) is 95.5 Å². The molecular weight excluding hydrogens is 550 g/mol. The van der Waals surface area contributed by atoms with E-state index in [4.69, 9.17) is 36.7 Å². The third kappa shape index (κ3) is 15.6. The van der Waals surface area contributed by atoms with Crippen molar-refractivity contribution in [3.05, 3.63) is 45.8 Å². The van der Waals surface area contributed by atoms with Crippen LogP contribution in [0.5, 0.6) is 0 Å². The molecule has 0 saturated heterocycles. The Hall–Kier alpha value is -4.07. The molecule has 1 fully saturated rings. The molecule has 234 valence electrons. The van der Waals surface area contributed by atoms with Gasteiger partial charge in [-0.15, -0.1) is 0 Å². The van der Waals surface area contributed by atoms with Gasteiger partial charge in [-0.1, -0.05) is 29.4 Å². The first-order valence-electron chi connectivity index (χ1n) is 14.0. The van der Waals surface area contributed by atoms with Crippen molar-refractivity contribution < 1.29 is 38.9 Å². The van der Waals surface area contributed by atoms with Crippen molar-refractivity contribution in [1.82, 2.24) is 10.6 Å². The van der Waals surface area contributed by atoms with Crippen LogP contribution >= 0.6 is 0 Å².